The van der Waals surface area contributed by atoms with Gasteiger partial charge in [0.05, 0.1) is 25.0 Å². The van der Waals surface area contributed by atoms with E-state index in [-0.39, 0.29) is 0 Å². The Kier molecular flexibility index (Phi) is 4.28. The molecule has 5 heteroatoms. The van der Waals surface area contributed by atoms with E-state index in [4.69, 9.17) is 10.5 Å². The number of nitrogens with zero attached hydrogens (tertiary/aromatic N) is 3. The Morgan fingerprint density at radius 1 is 0.963 bits per heavy atom. The van der Waals surface area contributed by atoms with Crippen molar-refractivity contribution in [1.29, 1.82) is 0 Å². The zero-order valence-corrected chi connectivity index (χ0v) is 15.7. The number of hydrogen-bond donors (Lipinski definition) is 1. The van der Waals surface area contributed by atoms with Gasteiger partial charge in [-0.15, -0.1) is 0 Å². The highest BCUT2D eigenvalue weighted by atomic mass is 16.5. The molecule has 0 saturated carbocycles. The van der Waals surface area contributed by atoms with E-state index in [2.05, 4.69) is 44.9 Å². The summed E-state index contributed by atoms with van der Waals surface area (Å²) in [6.45, 7) is 4.64. The second-order valence-corrected chi connectivity index (χ2v) is 6.68. The molecular formula is C22H22N4O. The van der Waals surface area contributed by atoms with Gasteiger partial charge in [-0.2, -0.15) is 0 Å². The van der Waals surface area contributed by atoms with Crippen molar-refractivity contribution in [2.24, 2.45) is 0 Å². The van der Waals surface area contributed by atoms with Crippen LogP contribution in [0.25, 0.3) is 22.3 Å². The Hall–Kier alpha value is -3.34. The number of aromatic nitrogens is 3. The highest BCUT2D eigenvalue weighted by Gasteiger charge is 2.11. The number of nitrogens with two attached hydrogens (primary N) is 1. The summed E-state index contributed by atoms with van der Waals surface area (Å²) in [7, 11) is 1.68. The van der Waals surface area contributed by atoms with Crippen molar-refractivity contribution in [2.45, 2.75) is 20.4 Å². The number of anilines is 1. The van der Waals surface area contributed by atoms with Gasteiger partial charge in [0, 0.05) is 0 Å². The Morgan fingerprint density at radius 2 is 1.74 bits per heavy atom. The number of fused-ring (bicyclic) bond motifs is 1. The number of hydrogen-bond acceptors (Lipinski definition) is 4. The third-order valence-electron chi connectivity index (χ3n) is 4.84. The molecule has 0 saturated heterocycles. The summed E-state index contributed by atoms with van der Waals surface area (Å²) in [5.74, 6) is 1.79. The van der Waals surface area contributed by atoms with Gasteiger partial charge in [-0.3, -0.25) is 0 Å². The molecule has 0 aliphatic rings. The Balaban J connectivity index is 1.65. The summed E-state index contributed by atoms with van der Waals surface area (Å²) in [4.78, 5) is 9.24. The average molecular weight is 358 g/mol. The predicted octanol–water partition coefficient (Wildman–Crippen LogP) is 4.35. The molecule has 2 aromatic carbocycles. The lowest BCUT2D eigenvalue weighted by molar-refractivity contribution is 0.415. The molecule has 0 amide bonds. The molecule has 0 atom stereocenters. The van der Waals surface area contributed by atoms with Crippen LogP contribution in [0, 0.1) is 13.8 Å². The average Bonchev–Trinajstić information content (AvgIpc) is 2.97. The maximum atomic E-state index is 5.97. The van der Waals surface area contributed by atoms with Crippen LogP contribution in [0.4, 0.5) is 5.69 Å². The standard InChI is InChI=1S/C22H22N4O/c1-14-20(23)12-21-22(24-14)26(15(2)25-21)13-16-7-9-17(10-8-16)18-5-4-6-19(11-18)27-3/h4-12H,13,23H2,1-3H3. The number of rotatable bonds is 4. The fourth-order valence-electron chi connectivity index (χ4n) is 3.24. The van der Waals surface area contributed by atoms with Gasteiger partial charge >= 0.3 is 0 Å². The van der Waals surface area contributed by atoms with Crippen LogP contribution in [-0.4, -0.2) is 21.6 Å². The second kappa shape index (κ2) is 6.76. The third-order valence-corrected chi connectivity index (χ3v) is 4.84. The Labute approximate surface area is 158 Å². The van der Waals surface area contributed by atoms with Crippen molar-refractivity contribution in [2.75, 3.05) is 12.8 Å². The first-order valence-electron chi connectivity index (χ1n) is 8.88. The van der Waals surface area contributed by atoms with Crippen LogP contribution >= 0.6 is 0 Å². The molecule has 0 radical (unpaired) electrons. The van der Waals surface area contributed by atoms with E-state index in [1.807, 2.05) is 38.1 Å². The number of benzene rings is 2. The topological polar surface area (TPSA) is 66.0 Å². The van der Waals surface area contributed by atoms with Crippen LogP contribution in [0.15, 0.2) is 54.6 Å². The lowest BCUT2D eigenvalue weighted by Crippen LogP contribution is -2.04. The normalized spacial score (nSPS) is 11.1. The smallest absolute Gasteiger partial charge is 0.160 e. The summed E-state index contributed by atoms with van der Waals surface area (Å²) in [5, 5.41) is 0. The van der Waals surface area contributed by atoms with Gasteiger partial charge in [0.2, 0.25) is 0 Å². The summed E-state index contributed by atoms with van der Waals surface area (Å²) in [6, 6.07) is 18.5. The van der Waals surface area contributed by atoms with Crippen LogP contribution in [0.1, 0.15) is 17.1 Å². The molecule has 136 valence electrons. The highest BCUT2D eigenvalue weighted by Crippen LogP contribution is 2.25. The summed E-state index contributed by atoms with van der Waals surface area (Å²) >= 11 is 0. The fraction of sp³-hybridized carbons (Fsp3) is 0.182. The number of aryl methyl sites for hydroxylation is 2. The van der Waals surface area contributed by atoms with E-state index < -0.39 is 0 Å². The fourth-order valence-corrected chi connectivity index (χ4v) is 3.24. The third kappa shape index (κ3) is 3.24. The van der Waals surface area contributed by atoms with Gasteiger partial charge in [-0.05, 0) is 48.7 Å². The van der Waals surface area contributed by atoms with Gasteiger partial charge < -0.3 is 15.0 Å². The number of nitrogen functional groups attached to an aromatic ring is 1. The van der Waals surface area contributed by atoms with E-state index in [0.29, 0.717) is 5.69 Å². The summed E-state index contributed by atoms with van der Waals surface area (Å²) < 4.78 is 7.44. The molecular weight excluding hydrogens is 336 g/mol. The number of imidazole rings is 1. The van der Waals surface area contributed by atoms with Gasteiger partial charge in [0.1, 0.15) is 17.1 Å². The highest BCUT2D eigenvalue weighted by molar-refractivity contribution is 5.76. The minimum atomic E-state index is 0.676. The van der Waals surface area contributed by atoms with Gasteiger partial charge in [0.15, 0.2) is 5.65 Å². The molecule has 2 heterocycles. The van der Waals surface area contributed by atoms with Crippen LogP contribution in [0.5, 0.6) is 5.75 Å². The molecule has 0 unspecified atom stereocenters. The number of ether oxygens (including phenoxy) is 1. The SMILES string of the molecule is COc1cccc(-c2ccc(Cn3c(C)nc4cc(N)c(C)nc43)cc2)c1. The second-order valence-electron chi connectivity index (χ2n) is 6.68. The predicted molar refractivity (Wildman–Crippen MR) is 109 cm³/mol. The number of pyridine rings is 1. The van der Waals surface area contributed by atoms with Crippen molar-refractivity contribution < 1.29 is 4.74 Å². The van der Waals surface area contributed by atoms with Crippen molar-refractivity contribution >= 4 is 16.9 Å². The van der Waals surface area contributed by atoms with E-state index in [9.17, 15) is 0 Å². The van der Waals surface area contributed by atoms with Crippen LogP contribution < -0.4 is 10.5 Å². The van der Waals surface area contributed by atoms with Crippen molar-refractivity contribution in [3.05, 3.63) is 71.7 Å². The zero-order chi connectivity index (χ0) is 19.0. The monoisotopic (exact) mass is 358 g/mol. The van der Waals surface area contributed by atoms with E-state index in [1.165, 1.54) is 5.56 Å². The van der Waals surface area contributed by atoms with E-state index in [0.717, 1.165) is 46.1 Å². The molecule has 0 bridgehead atoms. The Morgan fingerprint density at radius 3 is 2.48 bits per heavy atom. The van der Waals surface area contributed by atoms with Crippen LogP contribution in [-0.2, 0) is 6.54 Å². The first-order valence-corrected chi connectivity index (χ1v) is 8.88. The maximum Gasteiger partial charge on any atom is 0.160 e. The maximum absolute atomic E-state index is 5.97. The van der Waals surface area contributed by atoms with Crippen molar-refractivity contribution in [3.8, 4) is 16.9 Å². The molecule has 0 spiro atoms. The molecule has 4 rings (SSSR count). The van der Waals surface area contributed by atoms with Gasteiger partial charge in [0.25, 0.3) is 0 Å². The molecule has 5 nitrogen and oxygen atoms in total. The molecule has 4 aromatic rings. The molecule has 0 fully saturated rings. The summed E-state index contributed by atoms with van der Waals surface area (Å²) in [5.41, 5.74) is 12.7. The van der Waals surface area contributed by atoms with Gasteiger partial charge in [-0.1, -0.05) is 36.4 Å². The first kappa shape index (κ1) is 17.1. The largest absolute Gasteiger partial charge is 0.497 e. The molecule has 0 aliphatic carbocycles. The van der Waals surface area contributed by atoms with E-state index in [1.54, 1.807) is 7.11 Å². The molecule has 2 N–H and O–H groups in total. The minimum Gasteiger partial charge on any atom is -0.497 e. The zero-order valence-electron chi connectivity index (χ0n) is 15.7. The first-order chi connectivity index (χ1) is 13.0. The number of methoxy groups -OCH3 is 1. The van der Waals surface area contributed by atoms with Crippen molar-refractivity contribution in [3.63, 3.8) is 0 Å². The lowest BCUT2D eigenvalue weighted by atomic mass is 10.0. The lowest BCUT2D eigenvalue weighted by Gasteiger charge is -2.09. The molecule has 0 aliphatic heterocycles. The molecule has 2 aromatic heterocycles. The quantitative estimate of drug-likeness (QED) is 0.589. The summed E-state index contributed by atoms with van der Waals surface area (Å²) in [6.07, 6.45) is 0. The van der Waals surface area contributed by atoms with Gasteiger partial charge in [-0.25, -0.2) is 9.97 Å². The Bertz CT molecular complexity index is 1110. The molecule has 27 heavy (non-hydrogen) atoms. The minimum absolute atomic E-state index is 0.676. The van der Waals surface area contributed by atoms with E-state index >= 15 is 0 Å². The van der Waals surface area contributed by atoms with Crippen molar-refractivity contribution in [1.82, 2.24) is 14.5 Å². The van der Waals surface area contributed by atoms with Crippen LogP contribution in [0.3, 0.4) is 0 Å². The van der Waals surface area contributed by atoms with Crippen LogP contribution in [0.2, 0.25) is 0 Å².